The second-order valence-electron chi connectivity index (χ2n) is 12.0. The van der Waals surface area contributed by atoms with Crippen LogP contribution >= 0.6 is 0 Å². The van der Waals surface area contributed by atoms with E-state index in [9.17, 15) is 0 Å². The molecule has 0 atom stereocenters. The minimum Gasteiger partial charge on any atom is -0.388 e. The molecular formula is C26H50O4Si2. The van der Waals surface area contributed by atoms with Crippen LogP contribution in [0.2, 0.25) is 10.1 Å². The van der Waals surface area contributed by atoms with Crippen LogP contribution in [0.3, 0.4) is 0 Å². The van der Waals surface area contributed by atoms with E-state index in [4.69, 9.17) is 17.7 Å². The third kappa shape index (κ3) is 6.77. The maximum absolute atomic E-state index is 6.69. The van der Waals surface area contributed by atoms with E-state index in [0.717, 1.165) is 10.4 Å². The van der Waals surface area contributed by atoms with Crippen molar-refractivity contribution in [2.45, 2.75) is 131 Å². The van der Waals surface area contributed by atoms with Crippen molar-refractivity contribution in [1.29, 1.82) is 0 Å². The van der Waals surface area contributed by atoms with Gasteiger partial charge in [-0.1, -0.05) is 65.8 Å². The molecule has 0 fully saturated rings. The monoisotopic (exact) mass is 482 g/mol. The number of rotatable bonds is 10. The smallest absolute Gasteiger partial charge is 0.378 e. The highest BCUT2D eigenvalue weighted by molar-refractivity contribution is 6.85. The Balaban J connectivity index is 3.72. The molecule has 0 saturated heterocycles. The Morgan fingerprint density at radius 1 is 0.469 bits per heavy atom. The molecule has 0 aliphatic heterocycles. The van der Waals surface area contributed by atoms with Crippen molar-refractivity contribution in [3.8, 4) is 0 Å². The van der Waals surface area contributed by atoms with Crippen LogP contribution < -0.4 is 10.4 Å². The van der Waals surface area contributed by atoms with Gasteiger partial charge >= 0.3 is 17.1 Å². The quantitative estimate of drug-likeness (QED) is 0.367. The molecule has 0 N–H and O–H groups in total. The summed E-state index contributed by atoms with van der Waals surface area (Å²) in [4.78, 5) is 0. The molecule has 0 aliphatic carbocycles. The number of benzene rings is 1. The Bertz CT molecular complexity index is 617. The molecule has 32 heavy (non-hydrogen) atoms. The molecule has 0 aromatic heterocycles. The topological polar surface area (TPSA) is 36.9 Å². The van der Waals surface area contributed by atoms with E-state index in [1.807, 2.05) is 0 Å². The highest BCUT2D eigenvalue weighted by atomic mass is 28.4. The first kappa shape index (κ1) is 29.5. The molecule has 186 valence electrons. The second-order valence-corrected chi connectivity index (χ2v) is 19.5. The van der Waals surface area contributed by atoms with Crippen LogP contribution in [0.25, 0.3) is 0 Å². The van der Waals surface area contributed by atoms with Gasteiger partial charge in [0.05, 0.1) is 0 Å². The highest BCUT2D eigenvalue weighted by Gasteiger charge is 2.55. The van der Waals surface area contributed by atoms with Crippen LogP contribution in [0.1, 0.15) is 96.9 Å². The van der Waals surface area contributed by atoms with Crippen molar-refractivity contribution < 1.29 is 17.7 Å². The SMILES string of the molecule is CC(C)O[Si](OC(C)C)(c1ccc([Si](OC(C)C)(OC(C)C)C(C)(C)C)cc1)C(C)(C)C. The Hall–Kier alpha value is -0.506. The Kier molecular flexibility index (Phi) is 9.99. The summed E-state index contributed by atoms with van der Waals surface area (Å²) in [6.45, 7) is 30.1. The zero-order valence-electron chi connectivity index (χ0n) is 23.3. The van der Waals surface area contributed by atoms with E-state index in [-0.39, 0.29) is 34.5 Å². The third-order valence-corrected chi connectivity index (χ3v) is 14.6. The van der Waals surface area contributed by atoms with E-state index in [0.29, 0.717) is 0 Å². The van der Waals surface area contributed by atoms with Gasteiger partial charge in [0.25, 0.3) is 0 Å². The van der Waals surface area contributed by atoms with Gasteiger partial charge in [0.15, 0.2) is 0 Å². The first-order valence-corrected chi connectivity index (χ1v) is 15.8. The van der Waals surface area contributed by atoms with Gasteiger partial charge in [0.1, 0.15) is 0 Å². The largest absolute Gasteiger partial charge is 0.388 e. The fourth-order valence-corrected chi connectivity index (χ4v) is 11.8. The average Bonchev–Trinajstić information content (AvgIpc) is 2.57. The van der Waals surface area contributed by atoms with Crippen LogP contribution in [-0.4, -0.2) is 41.5 Å². The fourth-order valence-electron chi connectivity index (χ4n) is 4.14. The maximum Gasteiger partial charge on any atom is 0.378 e. The molecule has 0 heterocycles. The molecule has 0 unspecified atom stereocenters. The summed E-state index contributed by atoms with van der Waals surface area (Å²) < 4.78 is 26.7. The first-order valence-electron chi connectivity index (χ1n) is 12.2. The fraction of sp³-hybridized carbons (Fsp3) is 0.769. The summed E-state index contributed by atoms with van der Waals surface area (Å²) in [5.41, 5.74) is 0. The predicted molar refractivity (Wildman–Crippen MR) is 142 cm³/mol. The zero-order chi connectivity index (χ0) is 25.1. The Morgan fingerprint density at radius 3 is 0.781 bits per heavy atom. The average molecular weight is 483 g/mol. The van der Waals surface area contributed by atoms with E-state index in [1.165, 1.54) is 0 Å². The van der Waals surface area contributed by atoms with Gasteiger partial charge in [-0.25, -0.2) is 0 Å². The molecule has 1 rings (SSSR count). The van der Waals surface area contributed by atoms with Crippen molar-refractivity contribution in [3.05, 3.63) is 24.3 Å². The third-order valence-electron chi connectivity index (χ3n) is 5.23. The van der Waals surface area contributed by atoms with Crippen LogP contribution in [0.4, 0.5) is 0 Å². The normalized spacial score (nSPS) is 14.3. The lowest BCUT2D eigenvalue weighted by atomic mass is 10.2. The molecule has 0 spiro atoms. The lowest BCUT2D eigenvalue weighted by Crippen LogP contribution is -2.64. The minimum absolute atomic E-state index is 0.0795. The van der Waals surface area contributed by atoms with Crippen molar-refractivity contribution >= 4 is 27.5 Å². The molecule has 1 aromatic carbocycles. The molecule has 1 aromatic rings. The van der Waals surface area contributed by atoms with Gasteiger partial charge < -0.3 is 17.7 Å². The molecule has 6 heteroatoms. The molecule has 0 bridgehead atoms. The van der Waals surface area contributed by atoms with Crippen molar-refractivity contribution in [2.75, 3.05) is 0 Å². The second kappa shape index (κ2) is 10.8. The molecular weight excluding hydrogens is 432 g/mol. The minimum atomic E-state index is -2.76. The highest BCUT2D eigenvalue weighted by Crippen LogP contribution is 2.41. The van der Waals surface area contributed by atoms with E-state index in [1.54, 1.807) is 0 Å². The summed E-state index contributed by atoms with van der Waals surface area (Å²) >= 11 is 0. The maximum atomic E-state index is 6.69. The standard InChI is InChI=1S/C26H50O4Si2/c1-19(2)27-31(25(9,10)11,28-20(3)4)23-15-17-24(18-16-23)32(26(12,13)14,29-21(5)6)30-22(7)8/h15-22H,1-14H3. The molecule has 0 saturated carbocycles. The summed E-state index contributed by atoms with van der Waals surface area (Å²) in [6.07, 6.45) is 0.318. The first-order chi connectivity index (χ1) is 14.4. The molecule has 4 nitrogen and oxygen atoms in total. The molecule has 0 aliphatic rings. The van der Waals surface area contributed by atoms with Crippen LogP contribution in [0.15, 0.2) is 24.3 Å². The lowest BCUT2D eigenvalue weighted by molar-refractivity contribution is 0.0981. The van der Waals surface area contributed by atoms with E-state index >= 15 is 0 Å². The van der Waals surface area contributed by atoms with Gasteiger partial charge in [-0.05, 0) is 65.8 Å². The Labute approximate surface area is 200 Å². The van der Waals surface area contributed by atoms with Gasteiger partial charge in [-0.3, -0.25) is 0 Å². The summed E-state index contributed by atoms with van der Waals surface area (Å²) in [5.74, 6) is 0. The van der Waals surface area contributed by atoms with E-state index in [2.05, 4.69) is 121 Å². The predicted octanol–water partition coefficient (Wildman–Crippen LogP) is 6.29. The summed E-state index contributed by atoms with van der Waals surface area (Å²) in [7, 11) is -5.52. The van der Waals surface area contributed by atoms with Crippen LogP contribution in [0, 0.1) is 0 Å². The van der Waals surface area contributed by atoms with Crippen LogP contribution in [-0.2, 0) is 17.7 Å². The molecule has 0 radical (unpaired) electrons. The van der Waals surface area contributed by atoms with E-state index < -0.39 is 17.1 Å². The van der Waals surface area contributed by atoms with Gasteiger partial charge in [-0.15, -0.1) is 0 Å². The lowest BCUT2D eigenvalue weighted by Gasteiger charge is -2.45. The Morgan fingerprint density at radius 2 is 0.656 bits per heavy atom. The van der Waals surface area contributed by atoms with Crippen molar-refractivity contribution in [2.24, 2.45) is 0 Å². The van der Waals surface area contributed by atoms with Gasteiger partial charge in [0.2, 0.25) is 0 Å². The number of hydrogen-bond acceptors (Lipinski definition) is 4. The van der Waals surface area contributed by atoms with Crippen LogP contribution in [0.5, 0.6) is 0 Å². The van der Waals surface area contributed by atoms with Gasteiger partial charge in [-0.2, -0.15) is 0 Å². The number of hydrogen-bond donors (Lipinski definition) is 0. The van der Waals surface area contributed by atoms with Gasteiger partial charge in [0, 0.05) is 34.5 Å². The van der Waals surface area contributed by atoms with Crippen molar-refractivity contribution in [1.82, 2.24) is 0 Å². The zero-order valence-corrected chi connectivity index (χ0v) is 25.3. The summed E-state index contributed by atoms with van der Waals surface area (Å²) in [6, 6.07) is 8.83. The van der Waals surface area contributed by atoms with Crippen molar-refractivity contribution in [3.63, 3.8) is 0 Å². The summed E-state index contributed by atoms with van der Waals surface area (Å²) in [5, 5.41) is 2.04. The molecule has 0 amide bonds.